The van der Waals surface area contributed by atoms with E-state index < -0.39 is 0 Å². The largest absolute Gasteiger partial charge is 0.384 e. The Hall–Kier alpha value is -2.21. The zero-order valence-electron chi connectivity index (χ0n) is 10.3. The molecule has 2 N–H and O–H groups in total. The summed E-state index contributed by atoms with van der Waals surface area (Å²) in [5, 5.41) is 9.11. The normalized spacial score (nSPS) is 10.2. The summed E-state index contributed by atoms with van der Waals surface area (Å²) in [6.07, 6.45) is 0. The van der Waals surface area contributed by atoms with Gasteiger partial charge in [0.25, 0.3) is 0 Å². The van der Waals surface area contributed by atoms with Gasteiger partial charge in [-0.1, -0.05) is 18.2 Å². The average molecular weight is 225 g/mol. The number of rotatable bonds is 1. The zero-order chi connectivity index (χ0) is 12.6. The van der Waals surface area contributed by atoms with Crippen molar-refractivity contribution in [2.24, 2.45) is 0 Å². The average Bonchev–Trinajstić information content (AvgIpc) is 2.52. The lowest BCUT2D eigenvalue weighted by molar-refractivity contribution is 1.00. The van der Waals surface area contributed by atoms with E-state index in [2.05, 4.69) is 6.07 Å². The molecule has 0 unspecified atom stereocenters. The van der Waals surface area contributed by atoms with Crippen LogP contribution in [0.4, 0.5) is 5.82 Å². The van der Waals surface area contributed by atoms with E-state index >= 15 is 0 Å². The fourth-order valence-corrected chi connectivity index (χ4v) is 2.10. The first kappa shape index (κ1) is 11.3. The SMILES string of the molecule is Cc1ccccc1-n1c(C)c(C)c(C#N)c1N. The number of para-hydroxylation sites is 1. The number of nitrogen functional groups attached to an aromatic ring is 1. The number of nitriles is 1. The molecule has 0 saturated carbocycles. The lowest BCUT2D eigenvalue weighted by atomic mass is 10.2. The van der Waals surface area contributed by atoms with Gasteiger partial charge in [-0.3, -0.25) is 4.57 Å². The van der Waals surface area contributed by atoms with Gasteiger partial charge in [0.2, 0.25) is 0 Å². The molecule has 1 heterocycles. The van der Waals surface area contributed by atoms with Gasteiger partial charge < -0.3 is 5.73 Å². The molecule has 0 atom stereocenters. The van der Waals surface area contributed by atoms with Crippen LogP contribution in [-0.4, -0.2) is 4.57 Å². The van der Waals surface area contributed by atoms with Crippen molar-refractivity contribution in [2.75, 3.05) is 5.73 Å². The molecule has 0 amide bonds. The molecule has 0 radical (unpaired) electrons. The van der Waals surface area contributed by atoms with E-state index in [0.29, 0.717) is 11.4 Å². The third kappa shape index (κ3) is 1.58. The van der Waals surface area contributed by atoms with Crippen LogP contribution < -0.4 is 5.73 Å². The number of benzene rings is 1. The summed E-state index contributed by atoms with van der Waals surface area (Å²) in [4.78, 5) is 0. The van der Waals surface area contributed by atoms with Crippen LogP contribution in [0.2, 0.25) is 0 Å². The van der Waals surface area contributed by atoms with Gasteiger partial charge in [-0.25, -0.2) is 0 Å². The van der Waals surface area contributed by atoms with E-state index in [0.717, 1.165) is 22.5 Å². The number of aromatic nitrogens is 1. The van der Waals surface area contributed by atoms with Crippen LogP contribution in [0.5, 0.6) is 0 Å². The Labute approximate surface area is 101 Å². The minimum atomic E-state index is 0.525. The Morgan fingerprint density at radius 3 is 2.35 bits per heavy atom. The second-order valence-electron chi connectivity index (χ2n) is 4.20. The minimum Gasteiger partial charge on any atom is -0.384 e. The highest BCUT2D eigenvalue weighted by Crippen LogP contribution is 2.28. The summed E-state index contributed by atoms with van der Waals surface area (Å²) >= 11 is 0. The van der Waals surface area contributed by atoms with Crippen LogP contribution in [0.25, 0.3) is 5.69 Å². The van der Waals surface area contributed by atoms with Crippen LogP contribution in [0.15, 0.2) is 24.3 Å². The fourth-order valence-electron chi connectivity index (χ4n) is 2.10. The lowest BCUT2D eigenvalue weighted by Crippen LogP contribution is -2.04. The number of nitrogens with two attached hydrogens (primary N) is 1. The molecular weight excluding hydrogens is 210 g/mol. The molecule has 1 aromatic carbocycles. The predicted octanol–water partition coefficient (Wildman–Crippen LogP) is 2.86. The Bertz CT molecular complexity index is 615. The van der Waals surface area contributed by atoms with E-state index in [-0.39, 0.29) is 0 Å². The molecule has 2 aromatic rings. The van der Waals surface area contributed by atoms with Crippen molar-refractivity contribution in [2.45, 2.75) is 20.8 Å². The molecule has 86 valence electrons. The molecule has 3 nitrogen and oxygen atoms in total. The molecule has 0 aliphatic heterocycles. The first-order valence-corrected chi connectivity index (χ1v) is 5.51. The fraction of sp³-hybridized carbons (Fsp3) is 0.214. The van der Waals surface area contributed by atoms with Gasteiger partial charge in [0.05, 0.1) is 11.3 Å². The van der Waals surface area contributed by atoms with E-state index in [9.17, 15) is 0 Å². The summed E-state index contributed by atoms with van der Waals surface area (Å²) in [6.45, 7) is 5.95. The summed E-state index contributed by atoms with van der Waals surface area (Å²) in [7, 11) is 0. The van der Waals surface area contributed by atoms with E-state index in [1.165, 1.54) is 0 Å². The highest BCUT2D eigenvalue weighted by atomic mass is 15.1. The first-order chi connectivity index (χ1) is 8.07. The maximum Gasteiger partial charge on any atom is 0.126 e. The van der Waals surface area contributed by atoms with E-state index in [1.54, 1.807) is 0 Å². The van der Waals surface area contributed by atoms with Crippen molar-refractivity contribution in [1.29, 1.82) is 5.26 Å². The second kappa shape index (κ2) is 3.99. The molecule has 2 rings (SSSR count). The van der Waals surface area contributed by atoms with Crippen LogP contribution in [0, 0.1) is 32.1 Å². The molecule has 0 fully saturated rings. The number of hydrogen-bond donors (Lipinski definition) is 1. The molecular formula is C14H15N3. The molecule has 0 aliphatic carbocycles. The zero-order valence-corrected chi connectivity index (χ0v) is 10.3. The summed E-state index contributed by atoms with van der Waals surface area (Å²) < 4.78 is 1.95. The van der Waals surface area contributed by atoms with Crippen LogP contribution in [0.3, 0.4) is 0 Å². The molecule has 0 aliphatic rings. The van der Waals surface area contributed by atoms with Gasteiger partial charge in [-0.2, -0.15) is 5.26 Å². The maximum absolute atomic E-state index is 9.11. The van der Waals surface area contributed by atoms with Gasteiger partial charge in [0.15, 0.2) is 0 Å². The smallest absolute Gasteiger partial charge is 0.126 e. The van der Waals surface area contributed by atoms with Gasteiger partial charge in [0, 0.05) is 5.69 Å². The Morgan fingerprint density at radius 1 is 1.18 bits per heavy atom. The molecule has 0 spiro atoms. The summed E-state index contributed by atoms with van der Waals surface area (Å²) in [5.74, 6) is 0.525. The predicted molar refractivity (Wildman–Crippen MR) is 69.1 cm³/mol. The van der Waals surface area contributed by atoms with Crippen molar-refractivity contribution in [3.8, 4) is 11.8 Å². The van der Waals surface area contributed by atoms with Crippen LogP contribution in [0.1, 0.15) is 22.4 Å². The van der Waals surface area contributed by atoms with E-state index in [4.69, 9.17) is 11.0 Å². The highest BCUT2D eigenvalue weighted by molar-refractivity contribution is 5.63. The van der Waals surface area contributed by atoms with Crippen molar-refractivity contribution in [1.82, 2.24) is 4.57 Å². The summed E-state index contributed by atoms with van der Waals surface area (Å²) in [6, 6.07) is 10.2. The number of nitrogens with zero attached hydrogens (tertiary/aromatic N) is 2. The lowest BCUT2D eigenvalue weighted by Gasteiger charge is -2.11. The third-order valence-corrected chi connectivity index (χ3v) is 3.22. The van der Waals surface area contributed by atoms with Crippen molar-refractivity contribution in [3.05, 3.63) is 46.6 Å². The Morgan fingerprint density at radius 2 is 1.82 bits per heavy atom. The van der Waals surface area contributed by atoms with Gasteiger partial charge in [0.1, 0.15) is 11.9 Å². The molecule has 17 heavy (non-hydrogen) atoms. The second-order valence-corrected chi connectivity index (χ2v) is 4.20. The number of anilines is 1. The van der Waals surface area contributed by atoms with Crippen molar-refractivity contribution in [3.63, 3.8) is 0 Å². The van der Waals surface area contributed by atoms with Crippen molar-refractivity contribution < 1.29 is 0 Å². The minimum absolute atomic E-state index is 0.525. The van der Waals surface area contributed by atoms with Gasteiger partial charge >= 0.3 is 0 Å². The number of aryl methyl sites for hydroxylation is 1. The quantitative estimate of drug-likeness (QED) is 0.811. The highest BCUT2D eigenvalue weighted by Gasteiger charge is 2.16. The summed E-state index contributed by atoms with van der Waals surface area (Å²) in [5.41, 5.74) is 10.8. The Kier molecular flexibility index (Phi) is 2.64. The van der Waals surface area contributed by atoms with Crippen molar-refractivity contribution >= 4 is 5.82 Å². The van der Waals surface area contributed by atoms with Crippen LogP contribution >= 0.6 is 0 Å². The van der Waals surface area contributed by atoms with Gasteiger partial charge in [-0.05, 0) is 38.0 Å². The molecule has 0 saturated heterocycles. The van der Waals surface area contributed by atoms with Crippen LogP contribution in [-0.2, 0) is 0 Å². The standard InChI is InChI=1S/C14H15N3/c1-9-6-4-5-7-13(9)17-11(3)10(2)12(8-15)14(17)16/h4-7H,16H2,1-3H3. The van der Waals surface area contributed by atoms with Gasteiger partial charge in [-0.15, -0.1) is 0 Å². The molecule has 3 heteroatoms. The van der Waals surface area contributed by atoms with E-state index in [1.807, 2.05) is 49.6 Å². The maximum atomic E-state index is 9.11. The third-order valence-electron chi connectivity index (χ3n) is 3.22. The Balaban J connectivity index is 2.79. The first-order valence-electron chi connectivity index (χ1n) is 5.51. The monoisotopic (exact) mass is 225 g/mol. The topological polar surface area (TPSA) is 54.7 Å². The number of hydrogen-bond acceptors (Lipinski definition) is 2. The molecule has 0 bridgehead atoms. The molecule has 1 aromatic heterocycles.